The molecule has 0 aromatic heterocycles. The van der Waals surface area contributed by atoms with Crippen LogP contribution < -0.4 is 20.1 Å². The van der Waals surface area contributed by atoms with Crippen LogP contribution in [0.15, 0.2) is 48.5 Å². The minimum atomic E-state index is -0.303. The molecule has 1 aliphatic rings. The molecular weight excluding hydrogens is 406 g/mol. The summed E-state index contributed by atoms with van der Waals surface area (Å²) in [4.78, 5) is 27.3. The molecule has 2 N–H and O–H groups in total. The van der Waals surface area contributed by atoms with Crippen molar-refractivity contribution < 1.29 is 19.1 Å². The van der Waals surface area contributed by atoms with Gasteiger partial charge in [-0.3, -0.25) is 4.79 Å². The summed E-state index contributed by atoms with van der Waals surface area (Å²) in [6, 6.07) is 14.4. The van der Waals surface area contributed by atoms with Gasteiger partial charge >= 0.3 is 6.03 Å². The molecule has 1 aliphatic heterocycles. The molecule has 0 bridgehead atoms. The number of ether oxygens (including phenoxy) is 2. The van der Waals surface area contributed by atoms with Crippen LogP contribution in [0.2, 0.25) is 0 Å². The molecule has 7 nitrogen and oxygen atoms in total. The van der Waals surface area contributed by atoms with Crippen molar-refractivity contribution in [3.8, 4) is 11.5 Å². The van der Waals surface area contributed by atoms with Crippen LogP contribution in [0, 0.1) is 0 Å². The van der Waals surface area contributed by atoms with Crippen LogP contribution in [0.3, 0.4) is 0 Å². The van der Waals surface area contributed by atoms with Crippen LogP contribution in [0.25, 0.3) is 0 Å². The van der Waals surface area contributed by atoms with E-state index in [1.54, 1.807) is 20.3 Å². The molecule has 2 unspecified atom stereocenters. The number of methoxy groups -OCH3 is 2. The summed E-state index contributed by atoms with van der Waals surface area (Å²) in [5, 5.41) is 6.07. The van der Waals surface area contributed by atoms with E-state index in [-0.39, 0.29) is 24.0 Å². The Balaban J connectivity index is 1.71. The molecule has 2 aromatic carbocycles. The average Bonchev–Trinajstić information content (AvgIpc) is 3.02. The maximum absolute atomic E-state index is 12.9. The maximum atomic E-state index is 12.9. The Bertz CT molecular complexity index is 903. The van der Waals surface area contributed by atoms with Crippen molar-refractivity contribution in [1.82, 2.24) is 15.5 Å². The largest absolute Gasteiger partial charge is 0.497 e. The highest BCUT2D eigenvalue weighted by atomic mass is 16.5. The van der Waals surface area contributed by atoms with Gasteiger partial charge in [-0.25, -0.2) is 4.79 Å². The van der Waals surface area contributed by atoms with E-state index in [1.807, 2.05) is 54.3 Å². The quantitative estimate of drug-likeness (QED) is 0.646. The summed E-state index contributed by atoms with van der Waals surface area (Å²) in [7, 11) is 3.19. The lowest BCUT2D eigenvalue weighted by atomic mass is 10.1. The molecule has 0 spiro atoms. The lowest BCUT2D eigenvalue weighted by molar-refractivity contribution is -0.131. The van der Waals surface area contributed by atoms with Gasteiger partial charge in [0.1, 0.15) is 11.5 Å². The minimum Gasteiger partial charge on any atom is -0.497 e. The maximum Gasteiger partial charge on any atom is 0.315 e. The third kappa shape index (κ3) is 6.15. The van der Waals surface area contributed by atoms with Crippen molar-refractivity contribution in [2.24, 2.45) is 0 Å². The zero-order chi connectivity index (χ0) is 22.9. The van der Waals surface area contributed by atoms with Gasteiger partial charge in [-0.05, 0) is 37.5 Å². The smallest absolute Gasteiger partial charge is 0.315 e. The number of hydrogen-bond acceptors (Lipinski definition) is 4. The Morgan fingerprint density at radius 3 is 2.53 bits per heavy atom. The van der Waals surface area contributed by atoms with Crippen molar-refractivity contribution in [3.63, 3.8) is 0 Å². The average molecular weight is 440 g/mol. The van der Waals surface area contributed by atoms with E-state index in [0.29, 0.717) is 24.5 Å². The topological polar surface area (TPSA) is 79.9 Å². The zero-order valence-corrected chi connectivity index (χ0v) is 19.1. The highest BCUT2D eigenvalue weighted by Gasteiger charge is 2.24. The second-order valence-electron chi connectivity index (χ2n) is 8.06. The van der Waals surface area contributed by atoms with Gasteiger partial charge in [-0.15, -0.1) is 0 Å². The summed E-state index contributed by atoms with van der Waals surface area (Å²) in [5.41, 5.74) is 1.82. The van der Waals surface area contributed by atoms with Gasteiger partial charge < -0.3 is 25.0 Å². The SMILES string of the molecule is COc1ccc(C(C)NC(=O)NC(CN2CCCCCC2=O)c2ccccc2)c(OC)c1. The fourth-order valence-corrected chi connectivity index (χ4v) is 4.02. The standard InChI is InChI=1S/C25H33N3O4/c1-18(21-14-13-20(31-2)16-23(21)32-3)26-25(30)27-22(19-10-6-4-7-11-19)17-28-15-9-5-8-12-24(28)29/h4,6-7,10-11,13-14,16,18,22H,5,8-9,12,15,17H2,1-3H3,(H2,26,27,30). The van der Waals surface area contributed by atoms with Crippen LogP contribution in [0.4, 0.5) is 4.79 Å². The Morgan fingerprint density at radius 1 is 1.03 bits per heavy atom. The fraction of sp³-hybridized carbons (Fsp3) is 0.440. The molecule has 7 heteroatoms. The van der Waals surface area contributed by atoms with Crippen LogP contribution >= 0.6 is 0 Å². The molecule has 3 amide bonds. The Morgan fingerprint density at radius 2 is 1.81 bits per heavy atom. The van der Waals surface area contributed by atoms with Gasteiger partial charge in [0, 0.05) is 31.1 Å². The first-order valence-corrected chi connectivity index (χ1v) is 11.1. The second kappa shape index (κ2) is 11.4. The highest BCUT2D eigenvalue weighted by molar-refractivity contribution is 5.77. The van der Waals surface area contributed by atoms with E-state index in [0.717, 1.165) is 36.9 Å². The molecule has 2 atom stereocenters. The summed E-state index contributed by atoms with van der Waals surface area (Å²) < 4.78 is 10.7. The van der Waals surface area contributed by atoms with Gasteiger partial charge in [0.15, 0.2) is 0 Å². The first-order valence-electron chi connectivity index (χ1n) is 11.1. The van der Waals surface area contributed by atoms with Crippen LogP contribution in [0.1, 0.15) is 55.8 Å². The molecule has 3 rings (SSSR count). The van der Waals surface area contributed by atoms with Crippen LogP contribution in [-0.2, 0) is 4.79 Å². The van der Waals surface area contributed by atoms with E-state index >= 15 is 0 Å². The van der Waals surface area contributed by atoms with Crippen molar-refractivity contribution >= 4 is 11.9 Å². The molecule has 0 saturated carbocycles. The Hall–Kier alpha value is -3.22. The minimum absolute atomic E-state index is 0.155. The lowest BCUT2D eigenvalue weighted by Gasteiger charge is -2.28. The first-order chi connectivity index (χ1) is 15.5. The molecule has 1 saturated heterocycles. The lowest BCUT2D eigenvalue weighted by Crippen LogP contribution is -2.44. The van der Waals surface area contributed by atoms with Crippen molar-refractivity contribution in [2.45, 2.75) is 44.7 Å². The number of hydrogen-bond donors (Lipinski definition) is 2. The molecule has 172 valence electrons. The molecule has 1 fully saturated rings. The zero-order valence-electron chi connectivity index (χ0n) is 19.1. The molecule has 0 radical (unpaired) electrons. The van der Waals surface area contributed by atoms with E-state index < -0.39 is 0 Å². The van der Waals surface area contributed by atoms with Crippen LogP contribution in [0.5, 0.6) is 11.5 Å². The molecular formula is C25H33N3O4. The summed E-state index contributed by atoms with van der Waals surface area (Å²) in [6.07, 6.45) is 3.56. The summed E-state index contributed by atoms with van der Waals surface area (Å²) >= 11 is 0. The van der Waals surface area contributed by atoms with E-state index in [2.05, 4.69) is 10.6 Å². The Kier molecular flexibility index (Phi) is 8.36. The fourth-order valence-electron chi connectivity index (χ4n) is 4.02. The van der Waals surface area contributed by atoms with Gasteiger partial charge in [0.05, 0.1) is 26.3 Å². The number of nitrogens with one attached hydrogen (secondary N) is 2. The molecule has 32 heavy (non-hydrogen) atoms. The third-order valence-corrected chi connectivity index (χ3v) is 5.84. The number of nitrogens with zero attached hydrogens (tertiary/aromatic N) is 1. The van der Waals surface area contributed by atoms with E-state index in [1.165, 1.54) is 0 Å². The number of amides is 3. The van der Waals surface area contributed by atoms with Gasteiger partial charge in [0.2, 0.25) is 5.91 Å². The molecule has 2 aromatic rings. The number of urea groups is 1. The summed E-state index contributed by atoms with van der Waals surface area (Å²) in [5.74, 6) is 1.49. The second-order valence-corrected chi connectivity index (χ2v) is 8.06. The van der Waals surface area contributed by atoms with Gasteiger partial charge in [0.25, 0.3) is 0 Å². The number of carbonyl (C=O) groups excluding carboxylic acids is 2. The van der Waals surface area contributed by atoms with E-state index in [9.17, 15) is 9.59 Å². The normalized spacial score (nSPS) is 16.0. The number of likely N-dealkylation sites (tertiary alicyclic amines) is 1. The predicted molar refractivity (Wildman–Crippen MR) is 124 cm³/mol. The van der Waals surface area contributed by atoms with Gasteiger partial charge in [-0.1, -0.05) is 36.8 Å². The van der Waals surface area contributed by atoms with Crippen molar-refractivity contribution in [1.29, 1.82) is 0 Å². The van der Waals surface area contributed by atoms with Crippen LogP contribution in [-0.4, -0.2) is 44.1 Å². The van der Waals surface area contributed by atoms with Crippen molar-refractivity contribution in [2.75, 3.05) is 27.3 Å². The first kappa shape index (κ1) is 23.4. The molecule has 0 aliphatic carbocycles. The van der Waals surface area contributed by atoms with Crippen molar-refractivity contribution in [3.05, 3.63) is 59.7 Å². The van der Waals surface area contributed by atoms with Gasteiger partial charge in [-0.2, -0.15) is 0 Å². The predicted octanol–water partition coefficient (Wildman–Crippen LogP) is 4.21. The number of carbonyl (C=O) groups is 2. The number of rotatable bonds is 8. The summed E-state index contributed by atoms with van der Waals surface area (Å²) in [6.45, 7) is 3.08. The number of benzene rings is 2. The highest BCUT2D eigenvalue weighted by Crippen LogP contribution is 2.29. The molecule has 1 heterocycles. The monoisotopic (exact) mass is 439 g/mol. The Labute approximate surface area is 190 Å². The third-order valence-electron chi connectivity index (χ3n) is 5.84. The van der Waals surface area contributed by atoms with E-state index in [4.69, 9.17) is 9.47 Å².